The van der Waals surface area contributed by atoms with Crippen LogP contribution in [0.4, 0.5) is 0 Å². The van der Waals surface area contributed by atoms with Crippen LogP contribution < -0.4 is 10.1 Å². The first-order chi connectivity index (χ1) is 9.38. The van der Waals surface area contributed by atoms with Crippen molar-refractivity contribution in [3.8, 4) is 5.75 Å². The molecule has 0 spiro atoms. The lowest BCUT2D eigenvalue weighted by molar-refractivity contribution is 0.317. The van der Waals surface area contributed by atoms with E-state index < -0.39 is 0 Å². The first kappa shape index (κ1) is 13.6. The maximum Gasteiger partial charge on any atom is 0.119 e. The Morgan fingerprint density at radius 3 is 3.11 bits per heavy atom. The quantitative estimate of drug-likeness (QED) is 0.740. The van der Waals surface area contributed by atoms with E-state index >= 15 is 0 Å². The zero-order chi connectivity index (χ0) is 13.3. The fourth-order valence-electron chi connectivity index (χ4n) is 1.83. The molecule has 19 heavy (non-hydrogen) atoms. The molecule has 1 heterocycles. The normalized spacial score (nSPS) is 10.6. The fourth-order valence-corrected chi connectivity index (χ4v) is 1.83. The van der Waals surface area contributed by atoms with E-state index in [1.165, 1.54) is 5.56 Å². The van der Waals surface area contributed by atoms with E-state index in [-0.39, 0.29) is 0 Å². The van der Waals surface area contributed by atoms with Gasteiger partial charge in [0.15, 0.2) is 0 Å². The molecule has 4 nitrogen and oxygen atoms in total. The predicted octanol–water partition coefficient (Wildman–Crippen LogP) is 2.46. The standard InChI is InChI=1S/C15H21N3O/c1-2-10-19-15-5-3-4-14(11-15)12-16-6-8-18-9-7-17-13-18/h3-5,7,9,11,13,16H,2,6,8,10,12H2,1H3. The minimum Gasteiger partial charge on any atom is -0.494 e. The summed E-state index contributed by atoms with van der Waals surface area (Å²) in [4.78, 5) is 4.02. The van der Waals surface area contributed by atoms with Gasteiger partial charge in [0.1, 0.15) is 5.75 Å². The average Bonchev–Trinajstić information content (AvgIpc) is 2.95. The van der Waals surface area contributed by atoms with Gasteiger partial charge in [-0.2, -0.15) is 0 Å². The van der Waals surface area contributed by atoms with Crippen LogP contribution in [0, 0.1) is 0 Å². The lowest BCUT2D eigenvalue weighted by Gasteiger charge is -2.08. The van der Waals surface area contributed by atoms with Crippen molar-refractivity contribution >= 4 is 0 Å². The number of imidazole rings is 1. The molecular weight excluding hydrogens is 238 g/mol. The maximum atomic E-state index is 5.62. The molecule has 0 atom stereocenters. The molecule has 4 heteroatoms. The smallest absolute Gasteiger partial charge is 0.119 e. The molecule has 0 aliphatic rings. The molecule has 0 bridgehead atoms. The number of hydrogen-bond acceptors (Lipinski definition) is 3. The van der Waals surface area contributed by atoms with Gasteiger partial charge in [-0.1, -0.05) is 19.1 Å². The van der Waals surface area contributed by atoms with Crippen LogP contribution in [-0.4, -0.2) is 22.7 Å². The summed E-state index contributed by atoms with van der Waals surface area (Å²) in [7, 11) is 0. The maximum absolute atomic E-state index is 5.62. The predicted molar refractivity (Wildman–Crippen MR) is 76.2 cm³/mol. The molecule has 2 aromatic rings. The number of rotatable bonds is 8. The molecule has 0 aliphatic carbocycles. The first-order valence-corrected chi connectivity index (χ1v) is 6.76. The Bertz CT molecular complexity index is 468. The zero-order valence-corrected chi connectivity index (χ0v) is 11.4. The molecule has 0 unspecified atom stereocenters. The highest BCUT2D eigenvalue weighted by Gasteiger charge is 1.97. The third-order valence-corrected chi connectivity index (χ3v) is 2.81. The lowest BCUT2D eigenvalue weighted by Crippen LogP contribution is -2.18. The number of benzene rings is 1. The highest BCUT2D eigenvalue weighted by atomic mass is 16.5. The second kappa shape index (κ2) is 7.59. The lowest BCUT2D eigenvalue weighted by atomic mass is 10.2. The first-order valence-electron chi connectivity index (χ1n) is 6.76. The third-order valence-electron chi connectivity index (χ3n) is 2.81. The van der Waals surface area contributed by atoms with Gasteiger partial charge in [-0.05, 0) is 24.1 Å². The van der Waals surface area contributed by atoms with Crippen molar-refractivity contribution in [2.45, 2.75) is 26.4 Å². The molecule has 102 valence electrons. The summed E-state index contributed by atoms with van der Waals surface area (Å²) in [5, 5.41) is 3.42. The van der Waals surface area contributed by atoms with Crippen LogP contribution in [0.15, 0.2) is 43.0 Å². The van der Waals surface area contributed by atoms with Crippen LogP contribution in [0.2, 0.25) is 0 Å². The van der Waals surface area contributed by atoms with Crippen molar-refractivity contribution in [1.82, 2.24) is 14.9 Å². The van der Waals surface area contributed by atoms with Crippen LogP contribution in [0.3, 0.4) is 0 Å². The molecule has 0 saturated heterocycles. The molecule has 0 saturated carbocycles. The van der Waals surface area contributed by atoms with Gasteiger partial charge >= 0.3 is 0 Å². The Balaban J connectivity index is 1.73. The topological polar surface area (TPSA) is 39.1 Å². The van der Waals surface area contributed by atoms with E-state index in [2.05, 4.69) is 33.9 Å². The number of nitrogens with zero attached hydrogens (tertiary/aromatic N) is 2. The molecular formula is C15H21N3O. The third kappa shape index (κ3) is 4.75. The summed E-state index contributed by atoms with van der Waals surface area (Å²) < 4.78 is 7.68. The number of nitrogens with one attached hydrogen (secondary N) is 1. The fraction of sp³-hybridized carbons (Fsp3) is 0.400. The van der Waals surface area contributed by atoms with E-state index in [4.69, 9.17) is 4.74 Å². The van der Waals surface area contributed by atoms with Crippen molar-refractivity contribution in [1.29, 1.82) is 0 Å². The zero-order valence-electron chi connectivity index (χ0n) is 11.4. The van der Waals surface area contributed by atoms with Gasteiger partial charge < -0.3 is 14.6 Å². The van der Waals surface area contributed by atoms with Gasteiger partial charge in [0.2, 0.25) is 0 Å². The SMILES string of the molecule is CCCOc1cccc(CNCCn2ccnc2)c1. The van der Waals surface area contributed by atoms with E-state index in [1.54, 1.807) is 6.20 Å². The van der Waals surface area contributed by atoms with Crippen molar-refractivity contribution in [3.63, 3.8) is 0 Å². The number of hydrogen-bond donors (Lipinski definition) is 1. The number of ether oxygens (including phenoxy) is 1. The molecule has 1 N–H and O–H groups in total. The van der Waals surface area contributed by atoms with Crippen molar-refractivity contribution in [3.05, 3.63) is 48.5 Å². The Morgan fingerprint density at radius 2 is 2.32 bits per heavy atom. The van der Waals surface area contributed by atoms with Gasteiger partial charge in [0.05, 0.1) is 12.9 Å². The second-order valence-electron chi connectivity index (χ2n) is 4.47. The summed E-state index contributed by atoms with van der Waals surface area (Å²) in [6.07, 6.45) is 6.64. The molecule has 0 amide bonds. The Morgan fingerprint density at radius 1 is 1.37 bits per heavy atom. The molecule has 1 aromatic carbocycles. The molecule has 1 aromatic heterocycles. The van der Waals surface area contributed by atoms with E-state index in [0.29, 0.717) is 0 Å². The minimum absolute atomic E-state index is 0.775. The van der Waals surface area contributed by atoms with Crippen LogP contribution >= 0.6 is 0 Å². The molecule has 0 radical (unpaired) electrons. The van der Waals surface area contributed by atoms with Gasteiger partial charge in [-0.3, -0.25) is 0 Å². The summed E-state index contributed by atoms with van der Waals surface area (Å²) in [6, 6.07) is 8.26. The van der Waals surface area contributed by atoms with Crippen molar-refractivity contribution in [2.75, 3.05) is 13.2 Å². The highest BCUT2D eigenvalue weighted by Crippen LogP contribution is 2.13. The Hall–Kier alpha value is -1.81. The van der Waals surface area contributed by atoms with Gasteiger partial charge in [0, 0.05) is 32.0 Å². The van der Waals surface area contributed by atoms with Crippen LogP contribution in [-0.2, 0) is 13.1 Å². The van der Waals surface area contributed by atoms with Crippen LogP contribution in [0.25, 0.3) is 0 Å². The second-order valence-corrected chi connectivity index (χ2v) is 4.47. The van der Waals surface area contributed by atoms with E-state index in [1.807, 2.05) is 24.7 Å². The summed E-state index contributed by atoms with van der Waals surface area (Å²) in [5.74, 6) is 0.954. The molecule has 0 fully saturated rings. The van der Waals surface area contributed by atoms with Crippen molar-refractivity contribution in [2.24, 2.45) is 0 Å². The monoisotopic (exact) mass is 259 g/mol. The summed E-state index contributed by atoms with van der Waals surface area (Å²) in [6.45, 7) is 5.61. The highest BCUT2D eigenvalue weighted by molar-refractivity contribution is 5.28. The van der Waals surface area contributed by atoms with Crippen molar-refractivity contribution < 1.29 is 4.74 Å². The summed E-state index contributed by atoms with van der Waals surface area (Å²) >= 11 is 0. The van der Waals surface area contributed by atoms with Gasteiger partial charge in [0.25, 0.3) is 0 Å². The van der Waals surface area contributed by atoms with Gasteiger partial charge in [-0.25, -0.2) is 4.98 Å². The largest absolute Gasteiger partial charge is 0.494 e. The average molecular weight is 259 g/mol. The Labute approximate surface area is 114 Å². The van der Waals surface area contributed by atoms with Crippen LogP contribution in [0.5, 0.6) is 5.75 Å². The van der Waals surface area contributed by atoms with Crippen LogP contribution in [0.1, 0.15) is 18.9 Å². The van der Waals surface area contributed by atoms with E-state index in [0.717, 1.165) is 38.4 Å². The Kier molecular flexibility index (Phi) is 5.44. The van der Waals surface area contributed by atoms with Gasteiger partial charge in [-0.15, -0.1) is 0 Å². The number of aromatic nitrogens is 2. The minimum atomic E-state index is 0.775. The van der Waals surface area contributed by atoms with E-state index in [9.17, 15) is 0 Å². The molecule has 0 aliphatic heterocycles. The molecule has 2 rings (SSSR count). The summed E-state index contributed by atoms with van der Waals surface area (Å²) in [5.41, 5.74) is 1.25.